The van der Waals surface area contributed by atoms with Crippen molar-refractivity contribution in [3.63, 3.8) is 0 Å². The summed E-state index contributed by atoms with van der Waals surface area (Å²) in [5, 5.41) is 8.91. The molecule has 0 aliphatic carbocycles. The van der Waals surface area contributed by atoms with Gasteiger partial charge in [0.05, 0.1) is 6.04 Å². The SMILES string of the molecule is O=C(COC(=O)CCc1ccsc1)N[C@H](c1ccccc1)c1cccs1. The molecule has 2 heterocycles. The summed E-state index contributed by atoms with van der Waals surface area (Å²) < 4.78 is 5.11. The summed E-state index contributed by atoms with van der Waals surface area (Å²) in [5.41, 5.74) is 2.10. The van der Waals surface area contributed by atoms with Crippen molar-refractivity contribution < 1.29 is 14.3 Å². The Kier molecular flexibility index (Phi) is 6.57. The van der Waals surface area contributed by atoms with E-state index in [-0.39, 0.29) is 30.9 Å². The molecule has 0 bridgehead atoms. The highest BCUT2D eigenvalue weighted by atomic mass is 32.1. The number of hydrogen-bond donors (Lipinski definition) is 1. The van der Waals surface area contributed by atoms with E-state index in [1.54, 1.807) is 22.7 Å². The molecule has 0 fully saturated rings. The van der Waals surface area contributed by atoms with Gasteiger partial charge in [-0.05, 0) is 45.8 Å². The number of carbonyl (C=O) groups is 2. The summed E-state index contributed by atoms with van der Waals surface area (Å²) in [7, 11) is 0. The Morgan fingerprint density at radius 3 is 2.58 bits per heavy atom. The zero-order valence-electron chi connectivity index (χ0n) is 14.1. The van der Waals surface area contributed by atoms with E-state index in [0.717, 1.165) is 16.0 Å². The van der Waals surface area contributed by atoms with Gasteiger partial charge < -0.3 is 10.1 Å². The number of thiophene rings is 2. The van der Waals surface area contributed by atoms with Crippen molar-refractivity contribution in [2.24, 2.45) is 0 Å². The first-order valence-electron chi connectivity index (χ1n) is 8.27. The second kappa shape index (κ2) is 9.31. The fourth-order valence-electron chi connectivity index (χ4n) is 2.52. The van der Waals surface area contributed by atoms with Crippen LogP contribution in [0.5, 0.6) is 0 Å². The number of esters is 1. The summed E-state index contributed by atoms with van der Waals surface area (Å²) in [6, 6.07) is 15.4. The topological polar surface area (TPSA) is 55.4 Å². The molecule has 1 N–H and O–H groups in total. The molecule has 1 atom stereocenters. The first-order valence-corrected chi connectivity index (χ1v) is 10.1. The third-order valence-corrected chi connectivity index (χ3v) is 5.50. The summed E-state index contributed by atoms with van der Waals surface area (Å²) in [6.07, 6.45) is 0.906. The molecule has 134 valence electrons. The predicted molar refractivity (Wildman–Crippen MR) is 104 cm³/mol. The lowest BCUT2D eigenvalue weighted by molar-refractivity contribution is -0.148. The van der Waals surface area contributed by atoms with Gasteiger partial charge in [0.1, 0.15) is 0 Å². The Morgan fingerprint density at radius 1 is 1.04 bits per heavy atom. The van der Waals surface area contributed by atoms with Gasteiger partial charge in [0, 0.05) is 11.3 Å². The summed E-state index contributed by atoms with van der Waals surface area (Å²) >= 11 is 3.17. The van der Waals surface area contributed by atoms with Crippen LogP contribution in [0.3, 0.4) is 0 Å². The Morgan fingerprint density at radius 2 is 1.88 bits per heavy atom. The lowest BCUT2D eigenvalue weighted by Crippen LogP contribution is -2.32. The van der Waals surface area contributed by atoms with Crippen molar-refractivity contribution in [3.05, 3.63) is 80.7 Å². The molecule has 4 nitrogen and oxygen atoms in total. The van der Waals surface area contributed by atoms with Crippen LogP contribution in [0.4, 0.5) is 0 Å². The first kappa shape index (κ1) is 18.4. The minimum atomic E-state index is -0.362. The summed E-state index contributed by atoms with van der Waals surface area (Å²) in [6.45, 7) is -0.267. The van der Waals surface area contributed by atoms with Crippen molar-refractivity contribution in [2.45, 2.75) is 18.9 Å². The van der Waals surface area contributed by atoms with Crippen molar-refractivity contribution in [1.29, 1.82) is 0 Å². The van der Waals surface area contributed by atoms with Crippen molar-refractivity contribution in [3.8, 4) is 0 Å². The van der Waals surface area contributed by atoms with E-state index in [1.807, 2.05) is 64.7 Å². The van der Waals surface area contributed by atoms with Crippen LogP contribution in [0, 0.1) is 0 Å². The van der Waals surface area contributed by atoms with E-state index in [9.17, 15) is 9.59 Å². The van der Waals surface area contributed by atoms with Gasteiger partial charge in [0.2, 0.25) is 0 Å². The summed E-state index contributed by atoms with van der Waals surface area (Å²) in [5.74, 6) is -0.671. The van der Waals surface area contributed by atoms with Crippen molar-refractivity contribution in [1.82, 2.24) is 5.32 Å². The van der Waals surface area contributed by atoms with Crippen LogP contribution < -0.4 is 5.32 Å². The molecule has 0 radical (unpaired) electrons. The molecule has 3 aromatic rings. The maximum absolute atomic E-state index is 12.3. The maximum atomic E-state index is 12.3. The molecule has 3 rings (SSSR count). The molecular formula is C20H19NO3S2. The second-order valence-electron chi connectivity index (χ2n) is 5.72. The standard InChI is InChI=1S/C20H19NO3S2/c22-18(13-24-19(23)9-8-15-10-12-25-14-15)21-20(17-7-4-11-26-17)16-5-2-1-3-6-16/h1-7,10-12,14,20H,8-9,13H2,(H,21,22)/t20-/m1/s1. The van der Waals surface area contributed by atoms with Gasteiger partial charge in [-0.3, -0.25) is 9.59 Å². The lowest BCUT2D eigenvalue weighted by atomic mass is 10.1. The van der Waals surface area contributed by atoms with Crippen LogP contribution in [0.1, 0.15) is 28.5 Å². The fraction of sp³-hybridized carbons (Fsp3) is 0.200. The average Bonchev–Trinajstić information content (AvgIpc) is 3.37. The van der Waals surface area contributed by atoms with Crippen LogP contribution in [-0.4, -0.2) is 18.5 Å². The second-order valence-corrected chi connectivity index (χ2v) is 7.48. The molecule has 1 amide bonds. The van der Waals surface area contributed by atoms with Gasteiger partial charge in [-0.25, -0.2) is 0 Å². The Bertz CT molecular complexity index is 814. The van der Waals surface area contributed by atoms with Gasteiger partial charge in [0.15, 0.2) is 6.61 Å². The largest absolute Gasteiger partial charge is 0.456 e. The number of amides is 1. The Hall–Kier alpha value is -2.44. The number of hydrogen-bond acceptors (Lipinski definition) is 5. The molecule has 0 unspecified atom stereocenters. The molecule has 6 heteroatoms. The number of nitrogens with one attached hydrogen (secondary N) is 1. The van der Waals surface area contributed by atoms with Gasteiger partial charge in [-0.15, -0.1) is 11.3 Å². The Balaban J connectivity index is 1.52. The molecule has 2 aromatic heterocycles. The normalized spacial score (nSPS) is 11.7. The highest BCUT2D eigenvalue weighted by molar-refractivity contribution is 7.10. The van der Waals surface area contributed by atoms with Crippen LogP contribution in [0.25, 0.3) is 0 Å². The molecule has 0 aliphatic rings. The van der Waals surface area contributed by atoms with Crippen molar-refractivity contribution >= 4 is 34.6 Å². The zero-order chi connectivity index (χ0) is 18.2. The highest BCUT2D eigenvalue weighted by Gasteiger charge is 2.18. The number of rotatable bonds is 8. The molecular weight excluding hydrogens is 366 g/mol. The maximum Gasteiger partial charge on any atom is 0.306 e. The monoisotopic (exact) mass is 385 g/mol. The van der Waals surface area contributed by atoms with E-state index in [2.05, 4.69) is 5.32 Å². The minimum Gasteiger partial charge on any atom is -0.456 e. The van der Waals surface area contributed by atoms with Gasteiger partial charge in [-0.2, -0.15) is 11.3 Å². The third kappa shape index (κ3) is 5.28. The van der Waals surface area contributed by atoms with E-state index in [4.69, 9.17) is 4.74 Å². The minimum absolute atomic E-state index is 0.242. The molecule has 0 aliphatic heterocycles. The molecule has 0 saturated heterocycles. The molecule has 1 aromatic carbocycles. The van der Waals surface area contributed by atoms with Gasteiger partial charge in [0.25, 0.3) is 5.91 Å². The van der Waals surface area contributed by atoms with Crippen LogP contribution in [0.15, 0.2) is 64.7 Å². The number of carbonyl (C=O) groups excluding carboxylic acids is 2. The van der Waals surface area contributed by atoms with Crippen molar-refractivity contribution in [2.75, 3.05) is 6.61 Å². The zero-order valence-corrected chi connectivity index (χ0v) is 15.7. The number of benzene rings is 1. The number of ether oxygens (including phenoxy) is 1. The van der Waals surface area contributed by atoms with E-state index in [0.29, 0.717) is 6.42 Å². The van der Waals surface area contributed by atoms with Crippen LogP contribution >= 0.6 is 22.7 Å². The van der Waals surface area contributed by atoms with Gasteiger partial charge in [-0.1, -0.05) is 36.4 Å². The predicted octanol–water partition coefficient (Wildman–Crippen LogP) is 4.19. The third-order valence-electron chi connectivity index (χ3n) is 3.83. The quantitative estimate of drug-likeness (QED) is 0.592. The van der Waals surface area contributed by atoms with E-state index >= 15 is 0 Å². The van der Waals surface area contributed by atoms with E-state index < -0.39 is 0 Å². The first-order chi connectivity index (χ1) is 12.7. The highest BCUT2D eigenvalue weighted by Crippen LogP contribution is 2.25. The Labute approximate surface area is 160 Å². The van der Waals surface area contributed by atoms with Crippen LogP contribution in [-0.2, 0) is 20.7 Å². The fourth-order valence-corrected chi connectivity index (χ4v) is 4.03. The van der Waals surface area contributed by atoms with E-state index in [1.165, 1.54) is 0 Å². The lowest BCUT2D eigenvalue weighted by Gasteiger charge is -2.18. The molecule has 0 spiro atoms. The number of aryl methyl sites for hydroxylation is 1. The molecule has 0 saturated carbocycles. The molecule has 26 heavy (non-hydrogen) atoms. The van der Waals surface area contributed by atoms with Crippen LogP contribution in [0.2, 0.25) is 0 Å². The summed E-state index contributed by atoms with van der Waals surface area (Å²) in [4.78, 5) is 25.1. The average molecular weight is 386 g/mol. The van der Waals surface area contributed by atoms with Gasteiger partial charge >= 0.3 is 5.97 Å². The smallest absolute Gasteiger partial charge is 0.306 e.